The standard InChI is InChI=1S/C46H28N4/c1-2-8-31-25-38(18-15-29(31)7-1)44-48-45(50-46(49-44)41-13-5-11-36-23-32-9-3-4-10-33(32)28-42(36)41)39-19-16-30-14-17-34(26-40(30)27-39)35-20-21-43-37(24-35)12-6-22-47-43/h1-28H. The van der Waals surface area contributed by atoms with E-state index in [1.807, 2.05) is 12.3 Å². The van der Waals surface area contributed by atoms with E-state index in [9.17, 15) is 0 Å². The lowest BCUT2D eigenvalue weighted by molar-refractivity contribution is 1.08. The van der Waals surface area contributed by atoms with Crippen molar-refractivity contribution in [3.63, 3.8) is 0 Å². The van der Waals surface area contributed by atoms with Crippen molar-refractivity contribution in [2.24, 2.45) is 0 Å². The van der Waals surface area contributed by atoms with Crippen LogP contribution in [-0.2, 0) is 0 Å². The molecule has 0 fully saturated rings. The van der Waals surface area contributed by atoms with E-state index in [1.165, 1.54) is 16.2 Å². The van der Waals surface area contributed by atoms with E-state index in [2.05, 4.69) is 163 Å². The predicted octanol–water partition coefficient (Wildman–Crippen LogP) is 11.7. The summed E-state index contributed by atoms with van der Waals surface area (Å²) >= 11 is 0. The Morgan fingerprint density at radius 1 is 0.300 bits per heavy atom. The van der Waals surface area contributed by atoms with E-state index in [4.69, 9.17) is 15.0 Å². The van der Waals surface area contributed by atoms with Crippen LogP contribution in [0.2, 0.25) is 0 Å². The van der Waals surface area contributed by atoms with Crippen molar-refractivity contribution in [3.05, 3.63) is 170 Å². The van der Waals surface area contributed by atoms with Crippen molar-refractivity contribution in [1.82, 2.24) is 19.9 Å². The van der Waals surface area contributed by atoms with Crippen LogP contribution in [0.5, 0.6) is 0 Å². The van der Waals surface area contributed by atoms with Gasteiger partial charge < -0.3 is 0 Å². The zero-order chi connectivity index (χ0) is 33.0. The summed E-state index contributed by atoms with van der Waals surface area (Å²) in [6.07, 6.45) is 1.83. The van der Waals surface area contributed by atoms with Crippen LogP contribution in [-0.4, -0.2) is 19.9 Å². The summed E-state index contributed by atoms with van der Waals surface area (Å²) in [7, 11) is 0. The third kappa shape index (κ3) is 4.94. The van der Waals surface area contributed by atoms with Crippen molar-refractivity contribution in [3.8, 4) is 45.3 Å². The summed E-state index contributed by atoms with van der Waals surface area (Å²) in [5, 5.41) is 10.4. The maximum Gasteiger partial charge on any atom is 0.164 e. The number of benzene rings is 8. The Bertz CT molecular complexity index is 2950. The predicted molar refractivity (Wildman–Crippen MR) is 207 cm³/mol. The van der Waals surface area contributed by atoms with Gasteiger partial charge in [-0.05, 0) is 103 Å². The first kappa shape index (κ1) is 28.3. The molecule has 2 aromatic heterocycles. The Morgan fingerprint density at radius 2 is 0.820 bits per heavy atom. The summed E-state index contributed by atoms with van der Waals surface area (Å²) in [6, 6.07) is 57.7. The van der Waals surface area contributed by atoms with Crippen molar-refractivity contribution >= 4 is 54.0 Å². The lowest BCUT2D eigenvalue weighted by atomic mass is 9.98. The van der Waals surface area contributed by atoms with Crippen LogP contribution in [0.4, 0.5) is 0 Å². The van der Waals surface area contributed by atoms with Crippen LogP contribution < -0.4 is 0 Å². The minimum absolute atomic E-state index is 0.639. The Kier molecular flexibility index (Phi) is 6.46. The highest BCUT2D eigenvalue weighted by Gasteiger charge is 2.16. The minimum Gasteiger partial charge on any atom is -0.256 e. The molecule has 10 aromatic rings. The zero-order valence-corrected chi connectivity index (χ0v) is 27.0. The van der Waals surface area contributed by atoms with E-state index in [-0.39, 0.29) is 0 Å². The molecule has 0 saturated carbocycles. The van der Waals surface area contributed by atoms with Crippen molar-refractivity contribution < 1.29 is 0 Å². The molecule has 0 aliphatic carbocycles. The Balaban J connectivity index is 1.16. The first-order chi connectivity index (χ1) is 24.7. The molecule has 0 spiro atoms. The minimum atomic E-state index is 0.639. The van der Waals surface area contributed by atoms with E-state index in [0.29, 0.717) is 17.5 Å². The third-order valence-electron chi connectivity index (χ3n) is 9.67. The van der Waals surface area contributed by atoms with Gasteiger partial charge in [0.25, 0.3) is 0 Å². The second-order valence-corrected chi connectivity index (χ2v) is 12.8. The quantitative estimate of drug-likeness (QED) is 0.180. The SMILES string of the molecule is c1ccc2cc(-c3nc(-c4ccc5ccc(-c6ccc7ncccc7c6)cc5c4)nc(-c4cccc5cc6ccccc6cc45)n3)ccc2c1. The average Bonchev–Trinajstić information content (AvgIpc) is 3.18. The highest BCUT2D eigenvalue weighted by molar-refractivity contribution is 6.04. The van der Waals surface area contributed by atoms with Gasteiger partial charge >= 0.3 is 0 Å². The van der Waals surface area contributed by atoms with Gasteiger partial charge in [0.05, 0.1) is 5.52 Å². The highest BCUT2D eigenvalue weighted by Crippen LogP contribution is 2.34. The van der Waals surface area contributed by atoms with Gasteiger partial charge in [0, 0.05) is 28.3 Å². The van der Waals surface area contributed by atoms with E-state index >= 15 is 0 Å². The summed E-state index contributed by atoms with van der Waals surface area (Å²) in [5.74, 6) is 1.94. The molecule has 50 heavy (non-hydrogen) atoms. The fraction of sp³-hybridized carbons (Fsp3) is 0. The van der Waals surface area contributed by atoms with Gasteiger partial charge in [-0.1, -0.05) is 115 Å². The van der Waals surface area contributed by atoms with Crippen LogP contribution in [0.3, 0.4) is 0 Å². The van der Waals surface area contributed by atoms with Crippen LogP contribution in [0.1, 0.15) is 0 Å². The molecule has 0 radical (unpaired) electrons. The van der Waals surface area contributed by atoms with Gasteiger partial charge in [-0.3, -0.25) is 4.98 Å². The van der Waals surface area contributed by atoms with Gasteiger partial charge in [0.2, 0.25) is 0 Å². The molecule has 0 amide bonds. The summed E-state index contributed by atoms with van der Waals surface area (Å²) in [6.45, 7) is 0. The van der Waals surface area contributed by atoms with Crippen molar-refractivity contribution in [2.75, 3.05) is 0 Å². The molecule has 0 atom stereocenters. The molecular weight excluding hydrogens is 609 g/mol. The maximum absolute atomic E-state index is 5.18. The monoisotopic (exact) mass is 636 g/mol. The van der Waals surface area contributed by atoms with E-state index in [1.54, 1.807) is 0 Å². The number of rotatable bonds is 4. The van der Waals surface area contributed by atoms with Gasteiger partial charge in [-0.25, -0.2) is 15.0 Å². The van der Waals surface area contributed by atoms with Crippen LogP contribution >= 0.6 is 0 Å². The van der Waals surface area contributed by atoms with E-state index < -0.39 is 0 Å². The third-order valence-corrected chi connectivity index (χ3v) is 9.67. The molecule has 0 aliphatic rings. The van der Waals surface area contributed by atoms with Crippen molar-refractivity contribution in [1.29, 1.82) is 0 Å². The Morgan fingerprint density at radius 3 is 1.58 bits per heavy atom. The van der Waals surface area contributed by atoms with Gasteiger partial charge in [0.15, 0.2) is 17.5 Å². The van der Waals surface area contributed by atoms with Gasteiger partial charge in [0.1, 0.15) is 0 Å². The zero-order valence-electron chi connectivity index (χ0n) is 27.0. The molecular formula is C46H28N4. The van der Waals surface area contributed by atoms with Crippen LogP contribution in [0.15, 0.2) is 170 Å². The molecule has 0 N–H and O–H groups in total. The summed E-state index contributed by atoms with van der Waals surface area (Å²) in [4.78, 5) is 20.0. The fourth-order valence-electron chi connectivity index (χ4n) is 7.07. The molecule has 2 heterocycles. The molecule has 0 bridgehead atoms. The first-order valence-corrected chi connectivity index (χ1v) is 16.8. The average molecular weight is 637 g/mol. The molecule has 10 rings (SSSR count). The molecule has 8 aromatic carbocycles. The number of aromatic nitrogens is 4. The number of hydrogen-bond donors (Lipinski definition) is 0. The fourth-order valence-corrected chi connectivity index (χ4v) is 7.07. The number of nitrogens with zero attached hydrogens (tertiary/aromatic N) is 4. The number of fused-ring (bicyclic) bond motifs is 5. The second-order valence-electron chi connectivity index (χ2n) is 12.8. The molecule has 4 nitrogen and oxygen atoms in total. The molecule has 0 saturated heterocycles. The van der Waals surface area contributed by atoms with Crippen LogP contribution in [0, 0.1) is 0 Å². The van der Waals surface area contributed by atoms with Crippen LogP contribution in [0.25, 0.3) is 99.3 Å². The number of pyridine rings is 1. The lowest BCUT2D eigenvalue weighted by Crippen LogP contribution is -2.00. The summed E-state index contributed by atoms with van der Waals surface area (Å²) < 4.78 is 0. The summed E-state index contributed by atoms with van der Waals surface area (Å²) in [5.41, 5.74) is 6.17. The smallest absolute Gasteiger partial charge is 0.164 e. The molecule has 232 valence electrons. The lowest BCUT2D eigenvalue weighted by Gasteiger charge is -2.12. The number of hydrogen-bond acceptors (Lipinski definition) is 4. The van der Waals surface area contributed by atoms with Crippen molar-refractivity contribution in [2.45, 2.75) is 0 Å². The second kappa shape index (κ2) is 11.4. The highest BCUT2D eigenvalue weighted by atomic mass is 15.0. The van der Waals surface area contributed by atoms with Gasteiger partial charge in [-0.2, -0.15) is 0 Å². The first-order valence-electron chi connectivity index (χ1n) is 16.8. The normalized spacial score (nSPS) is 11.6. The largest absolute Gasteiger partial charge is 0.256 e. The topological polar surface area (TPSA) is 51.6 Å². The van der Waals surface area contributed by atoms with E-state index in [0.717, 1.165) is 65.7 Å². The Hall–Kier alpha value is -6.78. The molecule has 4 heteroatoms. The Labute approximate surface area is 288 Å². The van der Waals surface area contributed by atoms with Gasteiger partial charge in [-0.15, -0.1) is 0 Å². The molecule has 0 unspecified atom stereocenters. The maximum atomic E-state index is 5.18. The molecule has 0 aliphatic heterocycles.